The van der Waals surface area contributed by atoms with Gasteiger partial charge in [-0.3, -0.25) is 9.59 Å². The van der Waals surface area contributed by atoms with E-state index in [9.17, 15) is 9.59 Å². The van der Waals surface area contributed by atoms with Gasteiger partial charge in [0, 0.05) is 31.0 Å². The standard InChI is InChI=1S/C31H57N3O4S/c1-2-3-4-5-6-13-18-27-38-30(37)21-15-10-8-12-17-25-34(24-16-11-7-9-14-20-29(35)36)26-19-22-32-31-33-23-28-39-31/h23,28H,2-22,24-27H2,1H3,(H,32,33)(H,35,36). The van der Waals surface area contributed by atoms with E-state index in [4.69, 9.17) is 9.84 Å². The summed E-state index contributed by atoms with van der Waals surface area (Å²) in [5.41, 5.74) is 0. The zero-order chi connectivity index (χ0) is 28.2. The summed E-state index contributed by atoms with van der Waals surface area (Å²) in [6, 6.07) is 0. The Morgan fingerprint density at radius 1 is 0.795 bits per heavy atom. The van der Waals surface area contributed by atoms with Crippen molar-refractivity contribution in [1.82, 2.24) is 9.88 Å². The van der Waals surface area contributed by atoms with Crippen molar-refractivity contribution in [3.8, 4) is 0 Å². The van der Waals surface area contributed by atoms with Crippen molar-refractivity contribution >= 4 is 28.4 Å². The number of aliphatic carboxylic acids is 1. The van der Waals surface area contributed by atoms with E-state index >= 15 is 0 Å². The summed E-state index contributed by atoms with van der Waals surface area (Å²) in [7, 11) is 0. The maximum atomic E-state index is 11.9. The van der Waals surface area contributed by atoms with Gasteiger partial charge in [-0.2, -0.15) is 0 Å². The fourth-order valence-corrected chi connectivity index (χ4v) is 5.30. The molecule has 0 radical (unpaired) electrons. The third-order valence-electron chi connectivity index (χ3n) is 7.09. The molecule has 0 bridgehead atoms. The van der Waals surface area contributed by atoms with Crippen LogP contribution in [0.1, 0.15) is 135 Å². The molecule has 0 aromatic carbocycles. The summed E-state index contributed by atoms with van der Waals surface area (Å²) >= 11 is 1.64. The minimum atomic E-state index is -0.689. The van der Waals surface area contributed by atoms with Crippen LogP contribution in [0.4, 0.5) is 5.13 Å². The molecule has 1 aromatic heterocycles. The van der Waals surface area contributed by atoms with Gasteiger partial charge in [0.1, 0.15) is 0 Å². The van der Waals surface area contributed by atoms with Crippen molar-refractivity contribution < 1.29 is 19.4 Å². The minimum Gasteiger partial charge on any atom is -0.481 e. The number of nitrogens with one attached hydrogen (secondary N) is 1. The van der Waals surface area contributed by atoms with Crippen LogP contribution in [0.15, 0.2) is 11.6 Å². The van der Waals surface area contributed by atoms with Crippen LogP contribution in [0.2, 0.25) is 0 Å². The molecule has 1 aromatic rings. The molecule has 0 atom stereocenters. The SMILES string of the molecule is CCCCCCCCCOC(=O)CCCCCCCN(CCCCCCCC(=O)O)CCCNc1nccs1. The molecule has 7 nitrogen and oxygen atoms in total. The largest absolute Gasteiger partial charge is 0.481 e. The van der Waals surface area contributed by atoms with Crippen LogP contribution in [0, 0.1) is 0 Å². The monoisotopic (exact) mass is 567 g/mol. The first-order valence-electron chi connectivity index (χ1n) is 15.8. The lowest BCUT2D eigenvalue weighted by Crippen LogP contribution is -2.28. The molecule has 226 valence electrons. The fraction of sp³-hybridized carbons (Fsp3) is 0.839. The molecular weight excluding hydrogens is 510 g/mol. The van der Waals surface area contributed by atoms with Gasteiger partial charge >= 0.3 is 11.9 Å². The van der Waals surface area contributed by atoms with E-state index in [-0.39, 0.29) is 5.97 Å². The van der Waals surface area contributed by atoms with E-state index in [0.717, 1.165) is 76.3 Å². The summed E-state index contributed by atoms with van der Waals surface area (Å²) < 4.78 is 5.40. The second kappa shape index (κ2) is 26.5. The molecule has 1 heterocycles. The molecule has 0 aliphatic carbocycles. The Morgan fingerprint density at radius 2 is 1.36 bits per heavy atom. The number of carbonyl (C=O) groups excluding carboxylic acids is 1. The van der Waals surface area contributed by atoms with Crippen LogP contribution in [0.5, 0.6) is 0 Å². The third-order valence-corrected chi connectivity index (χ3v) is 7.82. The van der Waals surface area contributed by atoms with Gasteiger partial charge in [-0.15, -0.1) is 11.3 Å². The topological polar surface area (TPSA) is 91.8 Å². The number of carboxylic acid groups (broad SMARTS) is 1. The molecule has 0 saturated carbocycles. The van der Waals surface area contributed by atoms with Gasteiger partial charge in [0.25, 0.3) is 0 Å². The number of ether oxygens (including phenoxy) is 1. The van der Waals surface area contributed by atoms with Crippen molar-refractivity contribution in [3.63, 3.8) is 0 Å². The van der Waals surface area contributed by atoms with Crippen molar-refractivity contribution in [2.75, 3.05) is 38.1 Å². The number of hydrogen-bond acceptors (Lipinski definition) is 7. The van der Waals surface area contributed by atoms with Crippen LogP contribution in [0.25, 0.3) is 0 Å². The highest BCUT2D eigenvalue weighted by atomic mass is 32.1. The number of anilines is 1. The molecule has 0 unspecified atom stereocenters. The Balaban J connectivity index is 2.07. The van der Waals surface area contributed by atoms with Crippen molar-refractivity contribution in [2.24, 2.45) is 0 Å². The second-order valence-corrected chi connectivity index (χ2v) is 11.6. The zero-order valence-corrected chi connectivity index (χ0v) is 25.6. The maximum absolute atomic E-state index is 11.9. The van der Waals surface area contributed by atoms with E-state index in [2.05, 4.69) is 22.1 Å². The molecule has 0 aliphatic rings. The zero-order valence-electron chi connectivity index (χ0n) is 24.8. The maximum Gasteiger partial charge on any atom is 0.305 e. The lowest BCUT2D eigenvalue weighted by atomic mass is 10.1. The number of unbranched alkanes of at least 4 members (excludes halogenated alkanes) is 14. The Morgan fingerprint density at radius 3 is 1.97 bits per heavy atom. The number of aromatic nitrogens is 1. The number of hydrogen-bond donors (Lipinski definition) is 2. The number of thiazole rings is 1. The molecule has 39 heavy (non-hydrogen) atoms. The van der Waals surface area contributed by atoms with Gasteiger partial charge < -0.3 is 20.1 Å². The molecule has 0 aliphatic heterocycles. The smallest absolute Gasteiger partial charge is 0.305 e. The molecule has 0 saturated heterocycles. The third kappa shape index (κ3) is 23.9. The van der Waals surface area contributed by atoms with Crippen molar-refractivity contribution in [1.29, 1.82) is 0 Å². The van der Waals surface area contributed by atoms with E-state index in [1.54, 1.807) is 11.3 Å². The van der Waals surface area contributed by atoms with Crippen LogP contribution < -0.4 is 5.32 Å². The molecule has 1 rings (SSSR count). The van der Waals surface area contributed by atoms with Gasteiger partial charge in [-0.05, 0) is 58.2 Å². The Labute approximate surface area is 242 Å². The highest BCUT2D eigenvalue weighted by molar-refractivity contribution is 7.13. The van der Waals surface area contributed by atoms with E-state index < -0.39 is 5.97 Å². The average Bonchev–Trinajstić information content (AvgIpc) is 3.44. The Kier molecular flexibility index (Phi) is 24.1. The average molecular weight is 568 g/mol. The predicted molar refractivity (Wildman–Crippen MR) is 164 cm³/mol. The summed E-state index contributed by atoms with van der Waals surface area (Å²) in [4.78, 5) is 29.5. The molecule has 0 fully saturated rings. The van der Waals surface area contributed by atoms with Gasteiger partial charge in [0.05, 0.1) is 6.61 Å². The van der Waals surface area contributed by atoms with Gasteiger partial charge in [-0.25, -0.2) is 4.98 Å². The summed E-state index contributed by atoms with van der Waals surface area (Å²) in [6.07, 6.45) is 23.3. The molecule has 2 N–H and O–H groups in total. The normalized spacial score (nSPS) is 11.2. The number of nitrogens with zero attached hydrogens (tertiary/aromatic N) is 2. The fourth-order valence-electron chi connectivity index (χ4n) is 4.74. The predicted octanol–water partition coefficient (Wildman–Crippen LogP) is 8.31. The highest BCUT2D eigenvalue weighted by Gasteiger charge is 2.07. The van der Waals surface area contributed by atoms with Gasteiger partial charge in [0.15, 0.2) is 5.13 Å². The first kappa shape index (κ1) is 35.4. The number of carboxylic acids is 1. The number of esters is 1. The Hall–Kier alpha value is -1.67. The minimum absolute atomic E-state index is 0.0264. The van der Waals surface area contributed by atoms with E-state index in [1.165, 1.54) is 70.6 Å². The lowest BCUT2D eigenvalue weighted by molar-refractivity contribution is -0.144. The van der Waals surface area contributed by atoms with Crippen LogP contribution in [-0.2, 0) is 14.3 Å². The first-order chi connectivity index (χ1) is 19.1. The first-order valence-corrected chi connectivity index (χ1v) is 16.7. The van der Waals surface area contributed by atoms with Gasteiger partial charge in [-0.1, -0.05) is 84.0 Å². The molecule has 8 heteroatoms. The van der Waals surface area contributed by atoms with Crippen molar-refractivity contribution in [2.45, 2.75) is 135 Å². The number of carbonyl (C=O) groups is 2. The Bertz CT molecular complexity index is 687. The lowest BCUT2D eigenvalue weighted by Gasteiger charge is -2.22. The molecule has 0 spiro atoms. The van der Waals surface area contributed by atoms with Crippen LogP contribution in [-0.4, -0.2) is 59.7 Å². The van der Waals surface area contributed by atoms with E-state index in [1.807, 2.05) is 11.6 Å². The quantitative estimate of drug-likeness (QED) is 0.0743. The van der Waals surface area contributed by atoms with Crippen molar-refractivity contribution in [3.05, 3.63) is 11.6 Å². The molecular formula is C31H57N3O4S. The molecule has 0 amide bonds. The second-order valence-electron chi connectivity index (χ2n) is 10.7. The van der Waals surface area contributed by atoms with Crippen LogP contribution >= 0.6 is 11.3 Å². The summed E-state index contributed by atoms with van der Waals surface area (Å²) in [6.45, 7) is 7.08. The highest BCUT2D eigenvalue weighted by Crippen LogP contribution is 2.12. The number of rotatable bonds is 29. The summed E-state index contributed by atoms with van der Waals surface area (Å²) in [5.74, 6) is -0.715. The summed E-state index contributed by atoms with van der Waals surface area (Å²) in [5, 5.41) is 15.1. The van der Waals surface area contributed by atoms with Crippen LogP contribution in [0.3, 0.4) is 0 Å². The van der Waals surface area contributed by atoms with Gasteiger partial charge in [0.2, 0.25) is 0 Å². The van der Waals surface area contributed by atoms with E-state index in [0.29, 0.717) is 19.4 Å².